The van der Waals surface area contributed by atoms with Gasteiger partial charge < -0.3 is 19.6 Å². The molecule has 0 unspecified atom stereocenters. The third kappa shape index (κ3) is 3.01. The van der Waals surface area contributed by atoms with Gasteiger partial charge in [0.15, 0.2) is 0 Å². The number of nitrogens with zero attached hydrogens (tertiary/aromatic N) is 6. The van der Waals surface area contributed by atoms with Crippen LogP contribution < -0.4 is 5.50 Å². The maximum Gasteiger partial charge on any atom is 0.253 e. The predicted octanol–water partition coefficient (Wildman–Crippen LogP) is -0.0635. The normalized spacial score (nSPS) is 20.7. The maximum absolute atomic E-state index is 8.22. The highest BCUT2D eigenvalue weighted by Gasteiger charge is 2.26. The van der Waals surface area contributed by atoms with Gasteiger partial charge in [-0.3, -0.25) is 10.7 Å². The quantitative estimate of drug-likeness (QED) is 0.694. The number of likely N-dealkylation sites (N-methyl/N-ethyl adjacent to an activating group) is 4. The van der Waals surface area contributed by atoms with E-state index in [4.69, 9.17) is 10.7 Å². The Hall–Kier alpha value is -1.27. The summed E-state index contributed by atoms with van der Waals surface area (Å²) in [6, 6.07) is 0. The summed E-state index contributed by atoms with van der Waals surface area (Å²) in [6.45, 7) is 3.63. The second-order valence-electron chi connectivity index (χ2n) is 5.14. The number of rotatable bonds is 2. The van der Waals surface area contributed by atoms with Crippen molar-refractivity contribution < 1.29 is 0 Å². The summed E-state index contributed by atoms with van der Waals surface area (Å²) in [5.41, 5.74) is 6.02. The van der Waals surface area contributed by atoms with E-state index in [2.05, 4.69) is 9.53 Å². The number of nitrogens with one attached hydrogen (secondary N) is 1. The minimum absolute atomic E-state index is 0.762. The van der Waals surface area contributed by atoms with Crippen molar-refractivity contribution in [3.63, 3.8) is 0 Å². The van der Waals surface area contributed by atoms with Crippen LogP contribution >= 0.6 is 7.51 Å². The summed E-state index contributed by atoms with van der Waals surface area (Å²) >= 11 is 0. The summed E-state index contributed by atoms with van der Waals surface area (Å²) in [6.07, 6.45) is 0. The van der Waals surface area contributed by atoms with Crippen LogP contribution in [0.4, 0.5) is 0 Å². The van der Waals surface area contributed by atoms with E-state index in [0.29, 0.717) is 0 Å². The van der Waals surface area contributed by atoms with Crippen LogP contribution in [0.15, 0.2) is 9.53 Å². The number of nitrogens with two attached hydrogens (primary N) is 1. The molecule has 0 aliphatic carbocycles. The molecule has 108 valence electrons. The summed E-state index contributed by atoms with van der Waals surface area (Å²) in [5.74, 6) is 1.52. The maximum atomic E-state index is 8.22. The van der Waals surface area contributed by atoms with E-state index < -0.39 is 7.51 Å². The largest absolute Gasteiger partial charge is 0.344 e. The lowest BCUT2D eigenvalue weighted by Gasteiger charge is -2.20. The molecule has 2 saturated heterocycles. The molecule has 2 fully saturated rings. The van der Waals surface area contributed by atoms with Crippen molar-refractivity contribution in [1.82, 2.24) is 19.6 Å². The van der Waals surface area contributed by atoms with Crippen molar-refractivity contribution in [3.8, 4) is 0 Å². The van der Waals surface area contributed by atoms with Crippen LogP contribution in [0.2, 0.25) is 0 Å². The first kappa shape index (κ1) is 14.1. The van der Waals surface area contributed by atoms with Crippen molar-refractivity contribution >= 4 is 19.4 Å². The summed E-state index contributed by atoms with van der Waals surface area (Å²) in [5, 5.41) is 8.22. The summed E-state index contributed by atoms with van der Waals surface area (Å²) in [7, 11) is 4.92. The van der Waals surface area contributed by atoms with Gasteiger partial charge in [-0.1, -0.05) is 0 Å². The molecule has 0 amide bonds. The van der Waals surface area contributed by atoms with Crippen molar-refractivity contribution in [2.75, 3.05) is 54.4 Å². The molecule has 2 aliphatic heterocycles. The van der Waals surface area contributed by atoms with Crippen molar-refractivity contribution in [2.24, 2.45) is 15.0 Å². The molecule has 8 nitrogen and oxygen atoms in total. The lowest BCUT2D eigenvalue weighted by atomic mass is 10.6. The first-order valence-electron chi connectivity index (χ1n) is 6.28. The molecule has 19 heavy (non-hydrogen) atoms. The van der Waals surface area contributed by atoms with Crippen LogP contribution in [0.3, 0.4) is 0 Å². The minimum Gasteiger partial charge on any atom is -0.344 e. The Balaban J connectivity index is 2.26. The van der Waals surface area contributed by atoms with E-state index in [-0.39, 0.29) is 0 Å². The van der Waals surface area contributed by atoms with Crippen molar-refractivity contribution in [3.05, 3.63) is 0 Å². The fraction of sp³-hybridized carbons (Fsp3) is 0.800. The molecular formula is C10H23N8P. The molecule has 0 aromatic rings. The van der Waals surface area contributed by atoms with Gasteiger partial charge in [0.25, 0.3) is 7.51 Å². The predicted molar refractivity (Wildman–Crippen MR) is 79.2 cm³/mol. The molecule has 3 N–H and O–H groups in total. The monoisotopic (exact) mass is 286 g/mol. The first-order chi connectivity index (χ1) is 8.80. The van der Waals surface area contributed by atoms with Crippen molar-refractivity contribution in [2.45, 2.75) is 0 Å². The second kappa shape index (κ2) is 5.02. The average Bonchev–Trinajstić information content (AvgIpc) is 2.79. The third-order valence-corrected chi connectivity index (χ3v) is 4.36. The van der Waals surface area contributed by atoms with Gasteiger partial charge in [0.05, 0.1) is 0 Å². The van der Waals surface area contributed by atoms with Gasteiger partial charge in [-0.25, -0.2) is 0 Å². The van der Waals surface area contributed by atoms with Crippen LogP contribution in [0.5, 0.6) is 0 Å². The Morgan fingerprint density at radius 2 is 1.11 bits per heavy atom. The fourth-order valence-corrected chi connectivity index (χ4v) is 3.38. The van der Waals surface area contributed by atoms with Gasteiger partial charge in [-0.2, -0.15) is 9.53 Å². The molecule has 0 saturated carbocycles. The van der Waals surface area contributed by atoms with Gasteiger partial charge in [-0.15, -0.1) is 0 Å². The van der Waals surface area contributed by atoms with E-state index in [9.17, 15) is 0 Å². The lowest BCUT2D eigenvalue weighted by Crippen LogP contribution is -2.30. The molecule has 0 atom stereocenters. The zero-order valence-electron chi connectivity index (χ0n) is 12.0. The van der Waals surface area contributed by atoms with E-state index in [1.54, 1.807) is 0 Å². The molecular weight excluding hydrogens is 263 g/mol. The Kier molecular flexibility index (Phi) is 3.73. The summed E-state index contributed by atoms with van der Waals surface area (Å²) < 4.78 is 8.77. The molecule has 0 aromatic carbocycles. The van der Waals surface area contributed by atoms with Gasteiger partial charge in [0.2, 0.25) is 11.9 Å². The van der Waals surface area contributed by atoms with E-state index >= 15 is 0 Å². The van der Waals surface area contributed by atoms with Gasteiger partial charge in [-0.05, 0) is 0 Å². The zero-order valence-corrected chi connectivity index (χ0v) is 12.9. The fourth-order valence-electron chi connectivity index (χ4n) is 2.18. The third-order valence-electron chi connectivity index (χ3n) is 3.39. The Labute approximate surface area is 114 Å². The Morgan fingerprint density at radius 1 is 0.842 bits per heavy atom. The highest BCUT2D eigenvalue weighted by atomic mass is 31.2. The Morgan fingerprint density at radius 3 is 1.37 bits per heavy atom. The van der Waals surface area contributed by atoms with Gasteiger partial charge in [0.1, 0.15) is 0 Å². The zero-order chi connectivity index (χ0) is 14.2. The molecule has 9 heteroatoms. The Bertz CT molecular complexity index is 396. The number of hydrogen-bond acceptors (Lipinski definition) is 1. The van der Waals surface area contributed by atoms with Crippen molar-refractivity contribution in [1.29, 1.82) is 5.16 Å². The average molecular weight is 286 g/mol. The summed E-state index contributed by atoms with van der Waals surface area (Å²) in [4.78, 5) is 8.05. The molecule has 0 radical (unpaired) electrons. The lowest BCUT2D eigenvalue weighted by molar-refractivity contribution is 0.553. The molecule has 2 heterocycles. The molecule has 0 bridgehead atoms. The van der Waals surface area contributed by atoms with Gasteiger partial charge >= 0.3 is 0 Å². The van der Waals surface area contributed by atoms with Crippen LogP contribution in [-0.4, -0.2) is 85.9 Å². The molecule has 0 spiro atoms. The second-order valence-corrected chi connectivity index (χ2v) is 6.83. The van der Waals surface area contributed by atoms with E-state index in [1.807, 2.05) is 47.8 Å². The number of hydrogen-bond donors (Lipinski definition) is 2. The van der Waals surface area contributed by atoms with Crippen LogP contribution in [0.25, 0.3) is 0 Å². The number of guanidine groups is 2. The minimum atomic E-state index is -2.93. The van der Waals surface area contributed by atoms with Crippen LogP contribution in [0.1, 0.15) is 0 Å². The molecule has 2 rings (SSSR count). The molecule has 2 aliphatic rings. The van der Waals surface area contributed by atoms with E-state index in [1.165, 1.54) is 0 Å². The highest BCUT2D eigenvalue weighted by Crippen LogP contribution is 2.42. The SMILES string of the molecule is CN1CCN(C)C1=NP(=N)(N)N=C1N(C)CCN1C. The molecule has 0 aromatic heterocycles. The van der Waals surface area contributed by atoms with E-state index in [0.717, 1.165) is 38.1 Å². The topological polar surface area (TPSA) is 87.5 Å². The van der Waals surface area contributed by atoms with Crippen LogP contribution in [0, 0.1) is 5.16 Å². The highest BCUT2D eigenvalue weighted by molar-refractivity contribution is 7.60. The van der Waals surface area contributed by atoms with Gasteiger partial charge in [0, 0.05) is 54.4 Å². The first-order valence-corrected chi connectivity index (χ1v) is 8.04. The smallest absolute Gasteiger partial charge is 0.253 e. The van der Waals surface area contributed by atoms with Crippen LogP contribution in [-0.2, 0) is 0 Å². The standard InChI is InChI=1S/C10H23N8P/c1-15-5-6-16(2)9(15)13-19(11,12)14-10-17(3)7-8-18(10)4/h5-8H2,1-4H3,(H3,11,12).